The molecule has 1 aliphatic carbocycles. The second-order valence-electron chi connectivity index (χ2n) is 5.82. The van der Waals surface area contributed by atoms with Gasteiger partial charge >= 0.3 is 0 Å². The summed E-state index contributed by atoms with van der Waals surface area (Å²) in [6, 6.07) is 7.46. The zero-order valence-corrected chi connectivity index (χ0v) is 13.5. The summed E-state index contributed by atoms with van der Waals surface area (Å²) >= 11 is 0. The Labute approximate surface area is 127 Å². The van der Waals surface area contributed by atoms with Gasteiger partial charge in [-0.15, -0.1) is 0 Å². The molecule has 1 N–H and O–H groups in total. The highest BCUT2D eigenvalue weighted by atomic mass is 32.2. The quantitative estimate of drug-likeness (QED) is 0.908. The maximum Gasteiger partial charge on any atom is 0.150 e. The van der Waals surface area contributed by atoms with Crippen LogP contribution in [0.2, 0.25) is 0 Å². The van der Waals surface area contributed by atoms with Crippen LogP contribution < -0.4 is 4.74 Å². The van der Waals surface area contributed by atoms with Crippen LogP contribution in [0.15, 0.2) is 24.3 Å². The lowest BCUT2D eigenvalue weighted by Crippen LogP contribution is -2.33. The minimum absolute atomic E-state index is 0.0938. The molecular formula is C16H24O4S. The lowest BCUT2D eigenvalue weighted by molar-refractivity contribution is 0.136. The monoisotopic (exact) mass is 312 g/mol. The summed E-state index contributed by atoms with van der Waals surface area (Å²) in [6.07, 6.45) is 4.27. The number of rotatable bonds is 5. The predicted molar refractivity (Wildman–Crippen MR) is 83.2 cm³/mol. The van der Waals surface area contributed by atoms with Gasteiger partial charge in [0.2, 0.25) is 0 Å². The third kappa shape index (κ3) is 4.20. The molecule has 21 heavy (non-hydrogen) atoms. The van der Waals surface area contributed by atoms with Gasteiger partial charge in [-0.05, 0) is 31.7 Å². The minimum Gasteiger partial charge on any atom is -0.490 e. The Morgan fingerprint density at radius 2 is 2.05 bits per heavy atom. The van der Waals surface area contributed by atoms with Crippen LogP contribution in [0.5, 0.6) is 5.75 Å². The van der Waals surface area contributed by atoms with Crippen molar-refractivity contribution in [3.63, 3.8) is 0 Å². The Kier molecular flexibility index (Phi) is 5.27. The summed E-state index contributed by atoms with van der Waals surface area (Å²) in [5.74, 6) is 0.672. The van der Waals surface area contributed by atoms with E-state index in [9.17, 15) is 13.5 Å². The Hall–Kier alpha value is -1.07. The molecule has 5 heteroatoms. The van der Waals surface area contributed by atoms with E-state index in [1.165, 1.54) is 6.26 Å². The molecule has 0 spiro atoms. The summed E-state index contributed by atoms with van der Waals surface area (Å²) < 4.78 is 29.4. The van der Waals surface area contributed by atoms with Crippen molar-refractivity contribution in [2.24, 2.45) is 0 Å². The van der Waals surface area contributed by atoms with E-state index in [1.807, 2.05) is 31.2 Å². The molecule has 1 aliphatic rings. The van der Waals surface area contributed by atoms with Crippen molar-refractivity contribution >= 4 is 9.84 Å². The number of hydrogen-bond acceptors (Lipinski definition) is 4. The molecule has 0 saturated heterocycles. The molecule has 3 atom stereocenters. The van der Waals surface area contributed by atoms with Crippen LogP contribution in [-0.4, -0.2) is 31.1 Å². The van der Waals surface area contributed by atoms with Crippen LogP contribution in [0.3, 0.4) is 0 Å². The fraction of sp³-hybridized carbons (Fsp3) is 0.625. The Balaban J connectivity index is 2.11. The first-order valence-corrected chi connectivity index (χ1v) is 9.49. The predicted octanol–water partition coefficient (Wildman–Crippen LogP) is 2.86. The number of hydrogen-bond donors (Lipinski definition) is 1. The summed E-state index contributed by atoms with van der Waals surface area (Å²) in [5.41, 5.74) is 0.779. The molecule has 1 fully saturated rings. The van der Waals surface area contributed by atoms with Crippen LogP contribution >= 0.6 is 0 Å². The standard InChI is InChI=1S/C16H24O4S/c1-3-15(17)14-9-4-5-10-16(14)20-12-7-6-8-13(11-12)21(2,18)19/h4-5,9-10,12-13,15,17H,3,6-8,11H2,1-2H3. The molecule has 0 bridgehead atoms. The summed E-state index contributed by atoms with van der Waals surface area (Å²) in [7, 11) is -3.01. The Morgan fingerprint density at radius 3 is 2.71 bits per heavy atom. The highest BCUT2D eigenvalue weighted by Crippen LogP contribution is 2.32. The lowest BCUT2D eigenvalue weighted by Gasteiger charge is -2.29. The second kappa shape index (κ2) is 6.79. The van der Waals surface area contributed by atoms with E-state index in [0.29, 0.717) is 18.6 Å². The molecule has 118 valence electrons. The number of para-hydroxylation sites is 1. The van der Waals surface area contributed by atoms with E-state index in [1.54, 1.807) is 0 Å². The molecule has 3 unspecified atom stereocenters. The van der Waals surface area contributed by atoms with Crippen molar-refractivity contribution < 1.29 is 18.3 Å². The molecule has 0 amide bonds. The third-order valence-corrected chi connectivity index (χ3v) is 5.78. The minimum atomic E-state index is -3.01. The van der Waals surface area contributed by atoms with Crippen molar-refractivity contribution in [1.82, 2.24) is 0 Å². The van der Waals surface area contributed by atoms with Crippen molar-refractivity contribution in [1.29, 1.82) is 0 Å². The van der Waals surface area contributed by atoms with E-state index in [2.05, 4.69) is 0 Å². The van der Waals surface area contributed by atoms with Crippen LogP contribution in [0, 0.1) is 0 Å². The summed E-state index contributed by atoms with van der Waals surface area (Å²) in [5, 5.41) is 9.74. The van der Waals surface area contributed by atoms with E-state index < -0.39 is 15.9 Å². The van der Waals surface area contributed by atoms with Gasteiger partial charge in [0.1, 0.15) is 15.6 Å². The maximum atomic E-state index is 11.7. The van der Waals surface area contributed by atoms with Crippen LogP contribution in [0.25, 0.3) is 0 Å². The van der Waals surface area contributed by atoms with Crippen LogP contribution in [0.1, 0.15) is 50.7 Å². The van der Waals surface area contributed by atoms with Gasteiger partial charge in [0, 0.05) is 18.2 Å². The molecule has 1 saturated carbocycles. The molecule has 4 nitrogen and oxygen atoms in total. The number of ether oxygens (including phenoxy) is 1. The van der Waals surface area contributed by atoms with E-state index in [4.69, 9.17) is 4.74 Å². The molecule has 0 aliphatic heterocycles. The zero-order chi connectivity index (χ0) is 15.5. The lowest BCUT2D eigenvalue weighted by atomic mass is 9.97. The SMILES string of the molecule is CCC(O)c1ccccc1OC1CCCC(S(C)(=O)=O)C1. The first-order chi connectivity index (χ1) is 9.91. The molecular weight excluding hydrogens is 288 g/mol. The smallest absolute Gasteiger partial charge is 0.150 e. The number of benzene rings is 1. The number of aliphatic hydroxyl groups is 1. The van der Waals surface area contributed by atoms with Crippen molar-refractivity contribution in [3.8, 4) is 5.75 Å². The van der Waals surface area contributed by atoms with Gasteiger partial charge in [-0.3, -0.25) is 0 Å². The number of sulfone groups is 1. The zero-order valence-electron chi connectivity index (χ0n) is 12.7. The van der Waals surface area contributed by atoms with Crippen molar-refractivity contribution in [2.75, 3.05) is 6.26 Å². The molecule has 1 aromatic carbocycles. The molecule has 0 radical (unpaired) electrons. The van der Waals surface area contributed by atoms with Gasteiger partial charge < -0.3 is 9.84 Å². The van der Waals surface area contributed by atoms with E-state index >= 15 is 0 Å². The van der Waals surface area contributed by atoms with Gasteiger partial charge in [-0.25, -0.2) is 8.42 Å². The van der Waals surface area contributed by atoms with Crippen LogP contribution in [0.4, 0.5) is 0 Å². The Morgan fingerprint density at radius 1 is 1.33 bits per heavy atom. The number of aliphatic hydroxyl groups excluding tert-OH is 1. The van der Waals surface area contributed by atoms with Gasteiger partial charge in [-0.1, -0.05) is 25.1 Å². The van der Waals surface area contributed by atoms with Gasteiger partial charge in [-0.2, -0.15) is 0 Å². The van der Waals surface area contributed by atoms with Gasteiger partial charge in [0.25, 0.3) is 0 Å². The molecule has 2 rings (SSSR count). The fourth-order valence-corrected chi connectivity index (χ4v) is 4.02. The maximum absolute atomic E-state index is 11.7. The van der Waals surface area contributed by atoms with Crippen molar-refractivity contribution in [2.45, 2.75) is 56.5 Å². The largest absolute Gasteiger partial charge is 0.490 e. The van der Waals surface area contributed by atoms with Crippen molar-refractivity contribution in [3.05, 3.63) is 29.8 Å². The van der Waals surface area contributed by atoms with Gasteiger partial charge in [0.05, 0.1) is 17.5 Å². The highest BCUT2D eigenvalue weighted by molar-refractivity contribution is 7.91. The first-order valence-electron chi connectivity index (χ1n) is 7.54. The summed E-state index contributed by atoms with van der Waals surface area (Å²) in [6.45, 7) is 1.92. The first kappa shape index (κ1) is 16.3. The normalized spacial score (nSPS) is 24.5. The van der Waals surface area contributed by atoms with Crippen LogP contribution in [-0.2, 0) is 9.84 Å². The van der Waals surface area contributed by atoms with Gasteiger partial charge in [0.15, 0.2) is 0 Å². The second-order valence-corrected chi connectivity index (χ2v) is 8.15. The highest BCUT2D eigenvalue weighted by Gasteiger charge is 2.30. The fourth-order valence-electron chi connectivity index (χ4n) is 2.86. The third-order valence-electron chi connectivity index (χ3n) is 4.14. The average molecular weight is 312 g/mol. The molecule has 0 aromatic heterocycles. The summed E-state index contributed by atoms with van der Waals surface area (Å²) in [4.78, 5) is 0. The topological polar surface area (TPSA) is 63.6 Å². The van der Waals surface area contributed by atoms with E-state index in [-0.39, 0.29) is 11.4 Å². The molecule has 1 aromatic rings. The van der Waals surface area contributed by atoms with E-state index in [0.717, 1.165) is 24.8 Å². The molecule has 0 heterocycles. The Bertz CT molecular complexity index is 567. The average Bonchev–Trinajstić information content (AvgIpc) is 2.46.